The van der Waals surface area contributed by atoms with Crippen molar-refractivity contribution < 1.29 is 13.9 Å². The van der Waals surface area contributed by atoms with Crippen molar-refractivity contribution in [2.75, 3.05) is 19.7 Å². The minimum Gasteiger partial charge on any atom is -0.492 e. The molecule has 0 aliphatic carbocycles. The molecule has 1 amide bonds. The molecule has 0 unspecified atom stereocenters. The van der Waals surface area contributed by atoms with E-state index in [0.29, 0.717) is 25.3 Å². The average Bonchev–Trinajstić information content (AvgIpc) is 3.19. The van der Waals surface area contributed by atoms with E-state index >= 15 is 0 Å². The fourth-order valence-corrected chi connectivity index (χ4v) is 3.49. The van der Waals surface area contributed by atoms with E-state index in [1.54, 1.807) is 29.0 Å². The highest BCUT2D eigenvalue weighted by molar-refractivity contribution is 5.78. The number of rotatable bonds is 7. The van der Waals surface area contributed by atoms with Gasteiger partial charge in [-0.15, -0.1) is 0 Å². The van der Waals surface area contributed by atoms with Crippen LogP contribution in [0.4, 0.5) is 4.39 Å². The first-order chi connectivity index (χ1) is 15.1. The molecule has 1 aliphatic rings. The molecule has 2 aromatic carbocycles. The third kappa shape index (κ3) is 5.28. The zero-order chi connectivity index (χ0) is 21.6. The maximum Gasteiger partial charge on any atom is 0.255 e. The second-order valence-corrected chi connectivity index (χ2v) is 7.38. The van der Waals surface area contributed by atoms with E-state index in [1.807, 2.05) is 47.4 Å². The van der Waals surface area contributed by atoms with Crippen molar-refractivity contribution in [3.8, 4) is 11.4 Å². The Bertz CT molecular complexity index is 1130. The van der Waals surface area contributed by atoms with E-state index in [9.17, 15) is 14.0 Å². The van der Waals surface area contributed by atoms with Crippen LogP contribution in [0.1, 0.15) is 24.0 Å². The molecule has 5 nitrogen and oxygen atoms in total. The minimum atomic E-state index is -0.280. The van der Waals surface area contributed by atoms with Gasteiger partial charge in [0, 0.05) is 30.9 Å². The Morgan fingerprint density at radius 2 is 1.68 bits per heavy atom. The smallest absolute Gasteiger partial charge is 0.255 e. The molecule has 1 aliphatic heterocycles. The van der Waals surface area contributed by atoms with Gasteiger partial charge in [-0.2, -0.15) is 0 Å². The lowest BCUT2D eigenvalue weighted by atomic mass is 10.1. The Kier molecular flexibility index (Phi) is 6.26. The Morgan fingerprint density at radius 1 is 0.935 bits per heavy atom. The molecule has 2 heterocycles. The van der Waals surface area contributed by atoms with Crippen molar-refractivity contribution in [2.24, 2.45) is 0 Å². The fourth-order valence-electron chi connectivity index (χ4n) is 3.49. The van der Waals surface area contributed by atoms with Crippen molar-refractivity contribution >= 4 is 18.1 Å². The van der Waals surface area contributed by atoms with Crippen molar-refractivity contribution in [3.05, 3.63) is 94.2 Å². The molecule has 1 aromatic heterocycles. The van der Waals surface area contributed by atoms with Crippen molar-refractivity contribution in [2.45, 2.75) is 12.8 Å². The minimum absolute atomic E-state index is 0.150. The number of nitrogens with zero attached hydrogens (tertiary/aromatic N) is 2. The van der Waals surface area contributed by atoms with Gasteiger partial charge in [0.2, 0.25) is 5.91 Å². The first-order valence-electron chi connectivity index (χ1n) is 10.3. The monoisotopic (exact) mass is 418 g/mol. The number of halogens is 1. The SMILES string of the molecule is O=C1CCCN1CCOc1ccc(-n2ccc(/C=C/c3ccc(F)cc3)cc2=O)cc1. The number of carbonyl (C=O) groups is 1. The molecule has 0 radical (unpaired) electrons. The number of ether oxygens (including phenoxy) is 1. The third-order valence-corrected chi connectivity index (χ3v) is 5.20. The molecule has 0 N–H and O–H groups in total. The Hall–Kier alpha value is -3.67. The fraction of sp³-hybridized carbons (Fsp3) is 0.200. The highest BCUT2D eigenvalue weighted by Crippen LogP contribution is 2.16. The largest absolute Gasteiger partial charge is 0.492 e. The second kappa shape index (κ2) is 9.43. The van der Waals surface area contributed by atoms with Gasteiger partial charge < -0.3 is 9.64 Å². The van der Waals surface area contributed by atoms with Crippen LogP contribution in [0.3, 0.4) is 0 Å². The summed E-state index contributed by atoms with van der Waals surface area (Å²) in [7, 11) is 0. The van der Waals surface area contributed by atoms with Gasteiger partial charge in [-0.25, -0.2) is 4.39 Å². The van der Waals surface area contributed by atoms with Gasteiger partial charge >= 0.3 is 0 Å². The van der Waals surface area contributed by atoms with Crippen LogP contribution in [0.25, 0.3) is 17.8 Å². The standard InChI is InChI=1S/C25H23FN2O3/c26-21-7-5-19(6-8-21)3-4-20-13-15-28(25(30)18-20)22-9-11-23(12-10-22)31-17-16-27-14-1-2-24(27)29/h3-13,15,18H,1-2,14,16-17H2/b4-3+. The summed E-state index contributed by atoms with van der Waals surface area (Å²) in [4.78, 5) is 26.0. The van der Waals surface area contributed by atoms with Crippen LogP contribution in [0.5, 0.6) is 5.75 Å². The van der Waals surface area contributed by atoms with Gasteiger partial charge in [-0.3, -0.25) is 14.2 Å². The third-order valence-electron chi connectivity index (χ3n) is 5.20. The van der Waals surface area contributed by atoms with Gasteiger partial charge in [0.15, 0.2) is 0 Å². The molecule has 0 spiro atoms. The lowest BCUT2D eigenvalue weighted by Gasteiger charge is -2.16. The Morgan fingerprint density at radius 3 is 2.35 bits per heavy atom. The summed E-state index contributed by atoms with van der Waals surface area (Å²) in [5, 5.41) is 0. The maximum absolute atomic E-state index is 13.0. The molecule has 1 saturated heterocycles. The molecule has 1 fully saturated rings. The first-order valence-corrected chi connectivity index (χ1v) is 10.3. The number of hydrogen-bond acceptors (Lipinski definition) is 3. The summed E-state index contributed by atoms with van der Waals surface area (Å²) >= 11 is 0. The van der Waals surface area contributed by atoms with Gasteiger partial charge in [0.05, 0.1) is 6.54 Å². The lowest BCUT2D eigenvalue weighted by Crippen LogP contribution is -2.29. The summed E-state index contributed by atoms with van der Waals surface area (Å²) in [5.41, 5.74) is 2.21. The Labute approximate surface area is 180 Å². The van der Waals surface area contributed by atoms with Gasteiger partial charge in [0.25, 0.3) is 5.56 Å². The number of aromatic nitrogens is 1. The molecule has 158 valence electrons. The van der Waals surface area contributed by atoms with Crippen LogP contribution < -0.4 is 10.3 Å². The van der Waals surface area contributed by atoms with Crippen LogP contribution in [0, 0.1) is 5.82 Å². The molecule has 4 rings (SSSR count). The van der Waals surface area contributed by atoms with E-state index in [4.69, 9.17) is 4.74 Å². The van der Waals surface area contributed by atoms with Crippen LogP contribution in [-0.4, -0.2) is 35.1 Å². The van der Waals surface area contributed by atoms with Crippen molar-refractivity contribution in [1.82, 2.24) is 9.47 Å². The predicted octanol–water partition coefficient (Wildman–Crippen LogP) is 4.15. The van der Waals surface area contributed by atoms with E-state index in [2.05, 4.69) is 0 Å². The highest BCUT2D eigenvalue weighted by Gasteiger charge is 2.19. The number of likely N-dealkylation sites (tertiary alicyclic amines) is 1. The first kappa shape index (κ1) is 20.6. The maximum atomic E-state index is 13.0. The van der Waals surface area contributed by atoms with Gasteiger partial charge in [-0.1, -0.05) is 24.3 Å². The zero-order valence-electron chi connectivity index (χ0n) is 17.0. The van der Waals surface area contributed by atoms with Crippen molar-refractivity contribution in [1.29, 1.82) is 0 Å². The number of benzene rings is 2. The van der Waals surface area contributed by atoms with Gasteiger partial charge in [-0.05, 0) is 60.0 Å². The number of hydrogen-bond donors (Lipinski definition) is 0. The number of carbonyl (C=O) groups excluding carboxylic acids is 1. The molecule has 0 saturated carbocycles. The summed E-state index contributed by atoms with van der Waals surface area (Å²) in [6.07, 6.45) is 6.93. The number of amides is 1. The summed E-state index contributed by atoms with van der Waals surface area (Å²) in [5.74, 6) is 0.606. The van der Waals surface area contributed by atoms with Gasteiger partial charge in [0.1, 0.15) is 18.2 Å². The summed E-state index contributed by atoms with van der Waals surface area (Å²) in [6, 6.07) is 16.8. The topological polar surface area (TPSA) is 51.5 Å². The lowest BCUT2D eigenvalue weighted by molar-refractivity contribution is -0.128. The molecular formula is C25H23FN2O3. The molecule has 0 atom stereocenters. The second-order valence-electron chi connectivity index (χ2n) is 7.38. The van der Waals surface area contributed by atoms with Crippen LogP contribution in [0.2, 0.25) is 0 Å². The molecule has 3 aromatic rings. The quantitative estimate of drug-likeness (QED) is 0.579. The normalized spacial score (nSPS) is 13.8. The zero-order valence-corrected chi connectivity index (χ0v) is 17.0. The molecular weight excluding hydrogens is 395 g/mol. The van der Waals surface area contributed by atoms with Crippen molar-refractivity contribution in [3.63, 3.8) is 0 Å². The van der Waals surface area contributed by atoms with Crippen LogP contribution in [-0.2, 0) is 4.79 Å². The molecule has 31 heavy (non-hydrogen) atoms. The highest BCUT2D eigenvalue weighted by atomic mass is 19.1. The average molecular weight is 418 g/mol. The molecule has 6 heteroatoms. The van der Waals surface area contributed by atoms with E-state index in [0.717, 1.165) is 29.8 Å². The Balaban J connectivity index is 1.38. The van der Waals surface area contributed by atoms with Crippen LogP contribution in [0.15, 0.2) is 71.7 Å². The predicted molar refractivity (Wildman–Crippen MR) is 119 cm³/mol. The van der Waals surface area contributed by atoms with E-state index < -0.39 is 0 Å². The van der Waals surface area contributed by atoms with Crippen LogP contribution >= 0.6 is 0 Å². The van der Waals surface area contributed by atoms with E-state index in [1.165, 1.54) is 12.1 Å². The summed E-state index contributed by atoms with van der Waals surface area (Å²) < 4.78 is 20.3. The summed E-state index contributed by atoms with van der Waals surface area (Å²) in [6.45, 7) is 1.84. The number of pyridine rings is 1. The molecule has 0 bridgehead atoms. The van der Waals surface area contributed by atoms with E-state index in [-0.39, 0.29) is 17.3 Å².